The molecule has 0 aromatic rings. The van der Waals surface area contributed by atoms with E-state index in [1.165, 1.54) is 12.2 Å². The van der Waals surface area contributed by atoms with Gasteiger partial charge in [0.15, 0.2) is 12.1 Å². The summed E-state index contributed by atoms with van der Waals surface area (Å²) in [6.07, 6.45) is 4.26. The van der Waals surface area contributed by atoms with Crippen LogP contribution in [-0.2, 0) is 28.5 Å². The summed E-state index contributed by atoms with van der Waals surface area (Å²) in [7, 11) is 0. The van der Waals surface area contributed by atoms with E-state index >= 15 is 0 Å². The average Bonchev–Trinajstić information content (AvgIpc) is 3.00. The van der Waals surface area contributed by atoms with Crippen molar-refractivity contribution in [1.82, 2.24) is 0 Å². The minimum absolute atomic E-state index is 0.00132. The van der Waals surface area contributed by atoms with Crippen LogP contribution in [0.4, 0.5) is 0 Å². The molecule has 3 rings (SSSR count). The second-order valence-corrected chi connectivity index (χ2v) is 13.1. The predicted molar refractivity (Wildman–Crippen MR) is 176 cm³/mol. The molecule has 3 aliphatic heterocycles. The van der Waals surface area contributed by atoms with Crippen LogP contribution in [-0.4, -0.2) is 121 Å². The fourth-order valence-electron chi connectivity index (χ4n) is 6.29. The number of aliphatic carboxylic acids is 1. The van der Waals surface area contributed by atoms with Crippen LogP contribution in [0.15, 0.2) is 60.8 Å². The van der Waals surface area contributed by atoms with Crippen LogP contribution in [0.25, 0.3) is 0 Å². The maximum Gasteiger partial charge on any atom is 0.330 e. The molecule has 3 aliphatic rings. The minimum Gasteiger partial charge on any atom is -0.481 e. The molecule has 0 aromatic heterocycles. The van der Waals surface area contributed by atoms with Crippen LogP contribution in [0.2, 0.25) is 0 Å². The first-order chi connectivity index (χ1) is 23.1. The van der Waals surface area contributed by atoms with Crippen LogP contribution in [0.5, 0.6) is 0 Å². The van der Waals surface area contributed by atoms with E-state index in [1.807, 2.05) is 19.1 Å². The molecule has 9 N–H and O–H groups in total. The van der Waals surface area contributed by atoms with E-state index in [4.69, 9.17) is 24.7 Å². The lowest BCUT2D eigenvalue weighted by atomic mass is 9.83. The monoisotopic (exact) mass is 695 g/mol. The van der Waals surface area contributed by atoms with Gasteiger partial charge in [-0.1, -0.05) is 61.6 Å². The van der Waals surface area contributed by atoms with Crippen molar-refractivity contribution in [2.24, 2.45) is 17.6 Å². The number of allylic oxidation sites excluding steroid dienone is 6. The van der Waals surface area contributed by atoms with Gasteiger partial charge in [0.05, 0.1) is 48.8 Å². The van der Waals surface area contributed by atoms with Crippen molar-refractivity contribution in [3.63, 3.8) is 0 Å². The number of carboxylic acid groups (broad SMARTS) is 1. The first kappa shape index (κ1) is 40.7. The number of carboxylic acids is 1. The third-order valence-corrected chi connectivity index (χ3v) is 9.05. The molecule has 2 bridgehead atoms. The standard InChI is InChI=1S/C35H53NO13/c1-4-22-12-9-7-5-6-8-10-14-25(48-34-32(42)30(36)31(41)21(3)47-34)17-27-29(33(43)44)26(39)19-35(45,49-27)18-24(38)16-23(37)13-11-15-28(40)46-20(22)2/h5-12,14-15,20-27,29-32,34,37-39,41-42,45H,4,13,16-19,36H2,1-3H3,(H,43,44)/b7-5-,8-6-,12-9-,14-10-,15-11+/t20?,21-,22?,23?,24?,25?,26?,27?,29?,30+,31-,32+,34+,35?/m1/s1. The van der Waals surface area contributed by atoms with Gasteiger partial charge >= 0.3 is 11.9 Å². The number of esters is 1. The Morgan fingerprint density at radius 3 is 2.24 bits per heavy atom. The van der Waals surface area contributed by atoms with E-state index in [9.17, 15) is 45.3 Å². The fourth-order valence-corrected chi connectivity index (χ4v) is 6.29. The van der Waals surface area contributed by atoms with Gasteiger partial charge in [-0.15, -0.1) is 0 Å². The number of hydrogen-bond acceptors (Lipinski definition) is 13. The van der Waals surface area contributed by atoms with Crippen molar-refractivity contribution >= 4 is 11.9 Å². The molecule has 2 saturated heterocycles. The number of nitrogens with two attached hydrogens (primary N) is 1. The van der Waals surface area contributed by atoms with Crippen LogP contribution in [0.1, 0.15) is 59.3 Å². The Morgan fingerprint density at radius 2 is 1.59 bits per heavy atom. The first-order valence-electron chi connectivity index (χ1n) is 16.8. The van der Waals surface area contributed by atoms with Gasteiger partial charge in [0.2, 0.25) is 0 Å². The Hall–Kier alpha value is -2.76. The van der Waals surface area contributed by atoms with Crippen molar-refractivity contribution in [3.8, 4) is 0 Å². The Kier molecular flexibility index (Phi) is 15.8. The molecule has 9 unspecified atom stereocenters. The van der Waals surface area contributed by atoms with Crippen molar-refractivity contribution in [2.75, 3.05) is 0 Å². The zero-order valence-corrected chi connectivity index (χ0v) is 28.2. The van der Waals surface area contributed by atoms with Gasteiger partial charge in [-0.2, -0.15) is 0 Å². The van der Waals surface area contributed by atoms with Crippen molar-refractivity contribution in [1.29, 1.82) is 0 Å². The van der Waals surface area contributed by atoms with E-state index in [0.29, 0.717) is 0 Å². The third-order valence-electron chi connectivity index (χ3n) is 9.05. The quantitative estimate of drug-likeness (QED) is 0.189. The Labute approximate surface area is 286 Å². The van der Waals surface area contributed by atoms with Crippen molar-refractivity contribution in [2.45, 2.75) is 132 Å². The predicted octanol–water partition coefficient (Wildman–Crippen LogP) is 0.739. The van der Waals surface area contributed by atoms with Gasteiger partial charge in [-0.05, 0) is 33.1 Å². The molecule has 2 fully saturated rings. The summed E-state index contributed by atoms with van der Waals surface area (Å²) in [4.78, 5) is 24.6. The topological polar surface area (TPSA) is 239 Å². The molecule has 3 heterocycles. The number of hydrogen-bond donors (Lipinski definition) is 8. The number of ether oxygens (including phenoxy) is 4. The molecule has 49 heavy (non-hydrogen) atoms. The second kappa shape index (κ2) is 19.0. The van der Waals surface area contributed by atoms with Gasteiger partial charge in [0.1, 0.15) is 18.1 Å². The number of aliphatic hydroxyl groups excluding tert-OH is 5. The van der Waals surface area contributed by atoms with Crippen LogP contribution in [0, 0.1) is 11.8 Å². The molecular formula is C35H53NO13. The molecular weight excluding hydrogens is 642 g/mol. The largest absolute Gasteiger partial charge is 0.481 e. The normalized spacial score (nSPS) is 45.2. The summed E-state index contributed by atoms with van der Waals surface area (Å²) < 4.78 is 23.1. The zero-order valence-electron chi connectivity index (χ0n) is 28.2. The number of cyclic esters (lactones) is 1. The van der Waals surface area contributed by atoms with Crippen molar-refractivity contribution in [3.05, 3.63) is 60.8 Å². The highest BCUT2D eigenvalue weighted by Gasteiger charge is 2.50. The van der Waals surface area contributed by atoms with E-state index in [-0.39, 0.29) is 25.2 Å². The number of carbonyl (C=O) groups is 2. The molecule has 14 atom stereocenters. The highest BCUT2D eigenvalue weighted by atomic mass is 16.7. The SMILES string of the molecule is CCC1\C=C/C=C\C=C/C=C\C(O[C@@H]2O[C@H](C)[C@@H](O)[C@H](N)[C@@H]2O)CC2OC(O)(CC(O)CC(O)C/C=C/C(=O)OC1C)CC(O)C2C(=O)O. The highest BCUT2D eigenvalue weighted by molar-refractivity contribution is 5.82. The number of rotatable bonds is 4. The lowest BCUT2D eigenvalue weighted by Crippen LogP contribution is -2.61. The van der Waals surface area contributed by atoms with E-state index < -0.39 is 104 Å². The number of carbonyl (C=O) groups excluding carboxylic acids is 1. The summed E-state index contributed by atoms with van der Waals surface area (Å²) in [5.41, 5.74) is 5.98. The molecule has 0 radical (unpaired) electrons. The molecule has 0 aliphatic carbocycles. The molecule has 0 aromatic carbocycles. The summed E-state index contributed by atoms with van der Waals surface area (Å²) >= 11 is 0. The van der Waals surface area contributed by atoms with Crippen LogP contribution < -0.4 is 5.73 Å². The average molecular weight is 696 g/mol. The van der Waals surface area contributed by atoms with Crippen LogP contribution >= 0.6 is 0 Å². The second-order valence-electron chi connectivity index (χ2n) is 13.1. The molecule has 276 valence electrons. The third kappa shape index (κ3) is 12.2. The lowest BCUT2D eigenvalue weighted by Gasteiger charge is -2.45. The Balaban J connectivity index is 1.93. The molecule has 14 nitrogen and oxygen atoms in total. The molecule has 0 amide bonds. The molecule has 14 heteroatoms. The van der Waals surface area contributed by atoms with Crippen molar-refractivity contribution < 1.29 is 64.3 Å². The van der Waals surface area contributed by atoms with Crippen LogP contribution in [0.3, 0.4) is 0 Å². The summed E-state index contributed by atoms with van der Waals surface area (Å²) in [5.74, 6) is -5.69. The van der Waals surface area contributed by atoms with E-state index in [0.717, 1.165) is 6.42 Å². The molecule has 0 saturated carbocycles. The maximum absolute atomic E-state index is 12.3. The zero-order chi connectivity index (χ0) is 36.3. The summed E-state index contributed by atoms with van der Waals surface area (Å²) in [6, 6.07) is -1.09. The Bertz CT molecular complexity index is 1220. The fraction of sp³-hybridized carbons (Fsp3) is 0.657. The van der Waals surface area contributed by atoms with Gasteiger partial charge in [0, 0.05) is 31.3 Å². The Morgan fingerprint density at radius 1 is 0.939 bits per heavy atom. The minimum atomic E-state index is -2.18. The molecule has 0 spiro atoms. The highest BCUT2D eigenvalue weighted by Crippen LogP contribution is 2.38. The van der Waals surface area contributed by atoms with E-state index in [1.54, 1.807) is 50.3 Å². The van der Waals surface area contributed by atoms with Gasteiger partial charge in [-0.25, -0.2) is 4.79 Å². The van der Waals surface area contributed by atoms with Gasteiger partial charge in [0.25, 0.3) is 0 Å². The maximum atomic E-state index is 12.3. The number of fused-ring (bicyclic) bond motifs is 2. The van der Waals surface area contributed by atoms with E-state index in [2.05, 4.69) is 0 Å². The van der Waals surface area contributed by atoms with Gasteiger partial charge in [-0.3, -0.25) is 4.79 Å². The first-order valence-corrected chi connectivity index (χ1v) is 16.8. The number of aliphatic hydroxyl groups is 6. The summed E-state index contributed by atoms with van der Waals surface area (Å²) in [5, 5.41) is 74.4. The van der Waals surface area contributed by atoms with Gasteiger partial charge < -0.3 is 60.4 Å². The summed E-state index contributed by atoms with van der Waals surface area (Å²) in [6.45, 7) is 5.32. The smallest absolute Gasteiger partial charge is 0.330 e. The lowest BCUT2D eigenvalue weighted by molar-refractivity contribution is -0.308.